The summed E-state index contributed by atoms with van der Waals surface area (Å²) in [4.78, 5) is 11.8. The molecular formula is C15H22N2O3S. The SMILES string of the molecule is CC/C=C(\C)C(=O)Nc1ccc(NS(=O)(=O)CCC)cc1. The van der Waals surface area contributed by atoms with Gasteiger partial charge in [0.2, 0.25) is 10.0 Å². The van der Waals surface area contributed by atoms with Crippen LogP contribution in [0.1, 0.15) is 33.6 Å². The van der Waals surface area contributed by atoms with Gasteiger partial charge in [0.25, 0.3) is 5.91 Å². The molecule has 1 amide bonds. The molecule has 0 aliphatic heterocycles. The van der Waals surface area contributed by atoms with E-state index in [1.165, 1.54) is 0 Å². The Morgan fingerprint density at radius 3 is 2.24 bits per heavy atom. The number of hydrogen-bond acceptors (Lipinski definition) is 3. The van der Waals surface area contributed by atoms with Gasteiger partial charge in [-0.25, -0.2) is 8.42 Å². The summed E-state index contributed by atoms with van der Waals surface area (Å²) in [6, 6.07) is 6.59. The van der Waals surface area contributed by atoms with Crippen LogP contribution in [0.15, 0.2) is 35.9 Å². The van der Waals surface area contributed by atoms with Crippen LogP contribution in [0.4, 0.5) is 11.4 Å². The maximum Gasteiger partial charge on any atom is 0.250 e. The van der Waals surface area contributed by atoms with E-state index in [1.807, 2.05) is 19.9 Å². The summed E-state index contributed by atoms with van der Waals surface area (Å²) in [5, 5.41) is 2.76. The molecule has 0 spiro atoms. The molecule has 1 aromatic rings. The van der Waals surface area contributed by atoms with Crippen molar-refractivity contribution in [3.05, 3.63) is 35.9 Å². The maximum absolute atomic E-state index is 11.8. The second-order valence-corrected chi connectivity index (χ2v) is 6.59. The van der Waals surface area contributed by atoms with Gasteiger partial charge in [0, 0.05) is 16.9 Å². The van der Waals surface area contributed by atoms with Crippen molar-refractivity contribution in [2.75, 3.05) is 15.8 Å². The highest BCUT2D eigenvalue weighted by Crippen LogP contribution is 2.16. The standard InChI is InChI=1S/C15H22N2O3S/c1-4-6-12(3)15(18)16-13-7-9-14(10-8-13)17-21(19,20)11-5-2/h6-10,17H,4-5,11H2,1-3H3,(H,16,18)/b12-6+. The predicted molar refractivity (Wildman–Crippen MR) is 86.8 cm³/mol. The second kappa shape index (κ2) is 7.83. The Labute approximate surface area is 126 Å². The molecule has 0 fully saturated rings. The van der Waals surface area contributed by atoms with Crippen molar-refractivity contribution in [3.63, 3.8) is 0 Å². The van der Waals surface area contributed by atoms with Crippen LogP contribution in [-0.2, 0) is 14.8 Å². The van der Waals surface area contributed by atoms with Gasteiger partial charge in [-0.1, -0.05) is 19.9 Å². The second-order valence-electron chi connectivity index (χ2n) is 4.75. The minimum absolute atomic E-state index is 0.0898. The van der Waals surface area contributed by atoms with Crippen molar-refractivity contribution in [2.24, 2.45) is 0 Å². The quantitative estimate of drug-likeness (QED) is 0.760. The number of rotatable bonds is 7. The van der Waals surface area contributed by atoms with Gasteiger partial charge >= 0.3 is 0 Å². The molecule has 6 heteroatoms. The van der Waals surface area contributed by atoms with Gasteiger partial charge in [0.05, 0.1) is 5.75 Å². The zero-order valence-electron chi connectivity index (χ0n) is 12.6. The molecule has 21 heavy (non-hydrogen) atoms. The van der Waals surface area contributed by atoms with E-state index < -0.39 is 10.0 Å². The first-order valence-corrected chi connectivity index (χ1v) is 8.62. The monoisotopic (exact) mass is 310 g/mol. The van der Waals surface area contributed by atoms with Crippen LogP contribution in [0.2, 0.25) is 0 Å². The fourth-order valence-electron chi connectivity index (χ4n) is 1.75. The minimum atomic E-state index is -3.29. The number of amides is 1. The molecule has 0 aliphatic rings. The first-order valence-electron chi connectivity index (χ1n) is 6.96. The Hall–Kier alpha value is -1.82. The summed E-state index contributed by atoms with van der Waals surface area (Å²) in [5.41, 5.74) is 1.77. The van der Waals surface area contributed by atoms with E-state index in [-0.39, 0.29) is 11.7 Å². The van der Waals surface area contributed by atoms with Crippen LogP contribution >= 0.6 is 0 Å². The van der Waals surface area contributed by atoms with E-state index in [1.54, 1.807) is 31.2 Å². The third-order valence-electron chi connectivity index (χ3n) is 2.76. The summed E-state index contributed by atoms with van der Waals surface area (Å²) in [6.45, 7) is 5.53. The highest BCUT2D eigenvalue weighted by molar-refractivity contribution is 7.92. The summed E-state index contributed by atoms with van der Waals surface area (Å²) < 4.78 is 25.8. The van der Waals surface area contributed by atoms with Gasteiger partial charge in [-0.2, -0.15) is 0 Å². The average molecular weight is 310 g/mol. The summed E-state index contributed by atoms with van der Waals surface area (Å²) >= 11 is 0. The van der Waals surface area contributed by atoms with E-state index in [2.05, 4.69) is 10.0 Å². The molecule has 0 saturated heterocycles. The molecule has 0 aliphatic carbocycles. The van der Waals surface area contributed by atoms with Crippen molar-refractivity contribution in [2.45, 2.75) is 33.6 Å². The smallest absolute Gasteiger partial charge is 0.250 e. The summed E-state index contributed by atoms with van der Waals surface area (Å²) in [7, 11) is -3.29. The molecule has 0 atom stereocenters. The molecule has 0 heterocycles. The van der Waals surface area contributed by atoms with Crippen molar-refractivity contribution in [1.29, 1.82) is 0 Å². The molecule has 2 N–H and O–H groups in total. The van der Waals surface area contributed by atoms with E-state index in [0.717, 1.165) is 6.42 Å². The molecule has 116 valence electrons. The first kappa shape index (κ1) is 17.2. The number of benzene rings is 1. The van der Waals surface area contributed by atoms with Crippen LogP contribution in [0.3, 0.4) is 0 Å². The minimum Gasteiger partial charge on any atom is -0.322 e. The number of hydrogen-bond donors (Lipinski definition) is 2. The number of allylic oxidation sites excluding steroid dienone is 1. The number of carbonyl (C=O) groups is 1. The molecule has 0 bridgehead atoms. The van der Waals surface area contributed by atoms with Crippen molar-refractivity contribution in [3.8, 4) is 0 Å². The molecule has 5 nitrogen and oxygen atoms in total. The molecule has 1 aromatic carbocycles. The number of nitrogens with one attached hydrogen (secondary N) is 2. The number of anilines is 2. The topological polar surface area (TPSA) is 75.3 Å². The Morgan fingerprint density at radius 2 is 1.71 bits per heavy atom. The van der Waals surface area contributed by atoms with E-state index in [0.29, 0.717) is 23.4 Å². The first-order chi connectivity index (χ1) is 9.88. The lowest BCUT2D eigenvalue weighted by molar-refractivity contribution is -0.112. The van der Waals surface area contributed by atoms with Crippen LogP contribution in [0.5, 0.6) is 0 Å². The molecule has 0 aromatic heterocycles. The van der Waals surface area contributed by atoms with Crippen molar-refractivity contribution >= 4 is 27.3 Å². The summed E-state index contributed by atoms with van der Waals surface area (Å²) in [5.74, 6) is -0.0666. The molecule has 0 saturated carbocycles. The Balaban J connectivity index is 2.71. The highest BCUT2D eigenvalue weighted by Gasteiger charge is 2.09. The third kappa shape index (κ3) is 5.99. The van der Waals surface area contributed by atoms with Crippen molar-refractivity contribution < 1.29 is 13.2 Å². The van der Waals surface area contributed by atoms with Crippen LogP contribution in [0.25, 0.3) is 0 Å². The number of sulfonamides is 1. The fourth-order valence-corrected chi connectivity index (χ4v) is 2.88. The van der Waals surface area contributed by atoms with Crippen LogP contribution in [-0.4, -0.2) is 20.1 Å². The van der Waals surface area contributed by atoms with Gasteiger partial charge in [-0.05, 0) is 44.0 Å². The van der Waals surface area contributed by atoms with Crippen LogP contribution in [0, 0.1) is 0 Å². The van der Waals surface area contributed by atoms with E-state index >= 15 is 0 Å². The van der Waals surface area contributed by atoms with Gasteiger partial charge < -0.3 is 5.32 Å². The predicted octanol–water partition coefficient (Wildman–Crippen LogP) is 3.13. The fraction of sp³-hybridized carbons (Fsp3) is 0.400. The van der Waals surface area contributed by atoms with Gasteiger partial charge in [-0.3, -0.25) is 9.52 Å². The Bertz CT molecular complexity index is 604. The number of carbonyl (C=O) groups excluding carboxylic acids is 1. The maximum atomic E-state index is 11.8. The van der Waals surface area contributed by atoms with Crippen LogP contribution < -0.4 is 10.0 Å². The summed E-state index contributed by atoms with van der Waals surface area (Å²) in [6.07, 6.45) is 3.21. The lowest BCUT2D eigenvalue weighted by atomic mass is 10.2. The zero-order valence-corrected chi connectivity index (χ0v) is 13.5. The normalized spacial score (nSPS) is 12.0. The highest BCUT2D eigenvalue weighted by atomic mass is 32.2. The zero-order chi connectivity index (χ0) is 15.9. The van der Waals surface area contributed by atoms with Gasteiger partial charge in [-0.15, -0.1) is 0 Å². The van der Waals surface area contributed by atoms with E-state index in [9.17, 15) is 13.2 Å². The van der Waals surface area contributed by atoms with E-state index in [4.69, 9.17) is 0 Å². The molecular weight excluding hydrogens is 288 g/mol. The molecule has 0 radical (unpaired) electrons. The Morgan fingerprint density at radius 1 is 1.14 bits per heavy atom. The average Bonchev–Trinajstić information content (AvgIpc) is 2.40. The lowest BCUT2D eigenvalue weighted by Crippen LogP contribution is -2.16. The molecule has 1 rings (SSSR count). The lowest BCUT2D eigenvalue weighted by Gasteiger charge is -2.09. The van der Waals surface area contributed by atoms with Gasteiger partial charge in [0.1, 0.15) is 0 Å². The van der Waals surface area contributed by atoms with Gasteiger partial charge in [0.15, 0.2) is 0 Å². The Kier molecular flexibility index (Phi) is 6.42. The molecule has 0 unspecified atom stereocenters. The largest absolute Gasteiger partial charge is 0.322 e. The van der Waals surface area contributed by atoms with Crippen molar-refractivity contribution in [1.82, 2.24) is 0 Å². The third-order valence-corrected chi connectivity index (χ3v) is 4.25.